The fraction of sp³-hybridized carbons (Fsp3) is 1.00. The molecule has 2 rings (SSSR count). The predicted octanol–water partition coefficient (Wildman–Crippen LogP) is 1.90. The van der Waals surface area contributed by atoms with E-state index in [-0.39, 0.29) is 0 Å². The Hall–Kier alpha value is 0.0969. The van der Waals surface area contributed by atoms with Crippen LogP contribution in [-0.2, 0) is 8.85 Å². The summed E-state index contributed by atoms with van der Waals surface area (Å²) in [6, 6.07) is 0.745. The second-order valence-electron chi connectivity index (χ2n) is 5.30. The van der Waals surface area contributed by atoms with E-state index in [1.54, 1.807) is 14.2 Å². The fourth-order valence-corrected chi connectivity index (χ4v) is 5.35. The van der Waals surface area contributed by atoms with E-state index < -0.39 is 9.45 Å². The van der Waals surface area contributed by atoms with E-state index in [2.05, 4.69) is 11.5 Å². The van der Waals surface area contributed by atoms with Gasteiger partial charge in [-0.25, -0.2) is 0 Å². The first kappa shape index (κ1) is 12.6. The molecule has 3 nitrogen and oxygen atoms in total. The van der Waals surface area contributed by atoms with Gasteiger partial charge in [0.15, 0.2) is 0 Å². The zero-order chi connectivity index (χ0) is 11.5. The summed E-state index contributed by atoms with van der Waals surface area (Å²) in [6.45, 7) is 3.61. The second kappa shape index (κ2) is 5.62. The molecule has 1 heterocycles. The van der Waals surface area contributed by atoms with Gasteiger partial charge < -0.3 is 8.85 Å². The van der Waals surface area contributed by atoms with E-state index in [0.29, 0.717) is 0 Å². The fourth-order valence-electron chi connectivity index (χ4n) is 3.58. The molecule has 16 heavy (non-hydrogen) atoms. The first-order valence-electron chi connectivity index (χ1n) is 6.59. The Kier molecular flexibility index (Phi) is 4.41. The molecule has 1 aliphatic heterocycles. The SMILES string of the molecule is CO[SiH](OC)N1CCC(C)C2CCCCC21. The summed E-state index contributed by atoms with van der Waals surface area (Å²) in [5, 5.41) is 0. The molecule has 1 saturated carbocycles. The van der Waals surface area contributed by atoms with Crippen LogP contribution in [0.25, 0.3) is 0 Å². The topological polar surface area (TPSA) is 21.7 Å². The Balaban J connectivity index is 2.07. The van der Waals surface area contributed by atoms with E-state index >= 15 is 0 Å². The molecule has 2 aliphatic rings. The first-order chi connectivity index (χ1) is 7.77. The molecule has 1 aliphatic carbocycles. The third-order valence-corrected chi connectivity index (χ3v) is 6.44. The van der Waals surface area contributed by atoms with Crippen molar-refractivity contribution in [2.75, 3.05) is 20.8 Å². The summed E-state index contributed by atoms with van der Waals surface area (Å²) < 4.78 is 13.7. The van der Waals surface area contributed by atoms with Gasteiger partial charge in [0.25, 0.3) is 0 Å². The van der Waals surface area contributed by atoms with Crippen LogP contribution in [0.15, 0.2) is 0 Å². The molecule has 3 atom stereocenters. The van der Waals surface area contributed by atoms with Crippen LogP contribution in [0.4, 0.5) is 0 Å². The molecule has 1 saturated heterocycles. The van der Waals surface area contributed by atoms with Crippen LogP contribution in [-0.4, -0.2) is 40.8 Å². The van der Waals surface area contributed by atoms with Crippen LogP contribution in [0.5, 0.6) is 0 Å². The van der Waals surface area contributed by atoms with Gasteiger partial charge in [-0.1, -0.05) is 19.8 Å². The van der Waals surface area contributed by atoms with Gasteiger partial charge in [0.05, 0.1) is 0 Å². The third-order valence-electron chi connectivity index (χ3n) is 4.46. The van der Waals surface area contributed by atoms with Gasteiger partial charge in [-0.3, -0.25) is 4.57 Å². The number of hydrogen-bond donors (Lipinski definition) is 0. The smallest absolute Gasteiger partial charge is 0.388 e. The van der Waals surface area contributed by atoms with Crippen LogP contribution in [0.2, 0.25) is 0 Å². The van der Waals surface area contributed by atoms with Crippen LogP contribution >= 0.6 is 0 Å². The Morgan fingerprint density at radius 2 is 1.75 bits per heavy atom. The molecule has 3 unspecified atom stereocenters. The average molecular weight is 243 g/mol. The number of piperidine rings is 1. The van der Waals surface area contributed by atoms with Gasteiger partial charge in [-0.2, -0.15) is 0 Å². The highest BCUT2D eigenvalue weighted by molar-refractivity contribution is 6.41. The molecule has 0 aromatic rings. The molecule has 2 fully saturated rings. The quantitative estimate of drug-likeness (QED) is 0.707. The molecule has 0 amide bonds. The van der Waals surface area contributed by atoms with Crippen molar-refractivity contribution in [3.8, 4) is 0 Å². The molecule has 0 aromatic carbocycles. The summed E-state index contributed by atoms with van der Waals surface area (Å²) in [6.07, 6.45) is 6.89. The Morgan fingerprint density at radius 3 is 2.44 bits per heavy atom. The van der Waals surface area contributed by atoms with Gasteiger partial charge in [0, 0.05) is 20.3 Å². The van der Waals surface area contributed by atoms with Gasteiger partial charge >= 0.3 is 9.45 Å². The Morgan fingerprint density at radius 1 is 1.06 bits per heavy atom. The molecule has 0 spiro atoms. The van der Waals surface area contributed by atoms with Crippen LogP contribution in [0.1, 0.15) is 39.0 Å². The van der Waals surface area contributed by atoms with E-state index in [9.17, 15) is 0 Å². The minimum atomic E-state index is -1.56. The van der Waals surface area contributed by atoms with Crippen molar-refractivity contribution in [3.05, 3.63) is 0 Å². The van der Waals surface area contributed by atoms with Crippen molar-refractivity contribution >= 4 is 9.45 Å². The first-order valence-corrected chi connectivity index (χ1v) is 8.05. The van der Waals surface area contributed by atoms with Crippen molar-refractivity contribution in [2.45, 2.75) is 45.1 Å². The van der Waals surface area contributed by atoms with E-state index in [4.69, 9.17) is 8.85 Å². The number of nitrogens with zero attached hydrogens (tertiary/aromatic N) is 1. The van der Waals surface area contributed by atoms with Crippen molar-refractivity contribution < 1.29 is 8.85 Å². The maximum atomic E-state index is 5.57. The van der Waals surface area contributed by atoms with E-state index in [0.717, 1.165) is 17.9 Å². The molecular weight excluding hydrogens is 218 g/mol. The zero-order valence-electron chi connectivity index (χ0n) is 10.8. The monoisotopic (exact) mass is 243 g/mol. The normalized spacial score (nSPS) is 36.4. The lowest BCUT2D eigenvalue weighted by atomic mass is 9.74. The van der Waals surface area contributed by atoms with Crippen molar-refractivity contribution in [3.63, 3.8) is 0 Å². The maximum absolute atomic E-state index is 5.57. The highest BCUT2D eigenvalue weighted by Crippen LogP contribution is 2.39. The molecule has 0 bridgehead atoms. The van der Waals surface area contributed by atoms with E-state index in [1.807, 2.05) is 0 Å². The van der Waals surface area contributed by atoms with Gasteiger partial charge in [-0.15, -0.1) is 0 Å². The summed E-state index contributed by atoms with van der Waals surface area (Å²) in [4.78, 5) is 0. The largest absolute Gasteiger partial charge is 0.410 e. The predicted molar refractivity (Wildman–Crippen MR) is 67.4 cm³/mol. The lowest BCUT2D eigenvalue weighted by molar-refractivity contribution is 0.0456. The minimum Gasteiger partial charge on any atom is -0.388 e. The molecule has 94 valence electrons. The van der Waals surface area contributed by atoms with Gasteiger partial charge in [0.1, 0.15) is 0 Å². The summed E-state index contributed by atoms with van der Waals surface area (Å²) >= 11 is 0. The lowest BCUT2D eigenvalue weighted by Gasteiger charge is -2.48. The third kappa shape index (κ3) is 2.35. The number of rotatable bonds is 3. The second-order valence-corrected chi connectivity index (χ2v) is 7.52. The highest BCUT2D eigenvalue weighted by atomic mass is 28.3. The van der Waals surface area contributed by atoms with Crippen molar-refractivity contribution in [2.24, 2.45) is 11.8 Å². The molecule has 0 aromatic heterocycles. The molecule has 4 heteroatoms. The lowest BCUT2D eigenvalue weighted by Crippen LogP contribution is -2.57. The molecule has 0 N–H and O–H groups in total. The van der Waals surface area contributed by atoms with E-state index in [1.165, 1.54) is 38.6 Å². The highest BCUT2D eigenvalue weighted by Gasteiger charge is 2.41. The summed E-state index contributed by atoms with van der Waals surface area (Å²) in [5.41, 5.74) is 0. The van der Waals surface area contributed by atoms with Gasteiger partial charge in [0.2, 0.25) is 0 Å². The van der Waals surface area contributed by atoms with Crippen LogP contribution < -0.4 is 0 Å². The summed E-state index contributed by atoms with van der Waals surface area (Å²) in [7, 11) is 2.04. The van der Waals surface area contributed by atoms with Gasteiger partial charge in [-0.05, 0) is 37.6 Å². The van der Waals surface area contributed by atoms with Crippen LogP contribution in [0.3, 0.4) is 0 Å². The number of hydrogen-bond acceptors (Lipinski definition) is 3. The molecular formula is C12H25NO2Si. The standard InChI is InChI=1S/C12H25NO2Si/c1-10-8-9-13(16(14-2)15-3)12-7-5-4-6-11(10)12/h10-12,16H,4-9H2,1-3H3. The van der Waals surface area contributed by atoms with Crippen molar-refractivity contribution in [1.82, 2.24) is 4.57 Å². The summed E-state index contributed by atoms with van der Waals surface area (Å²) in [5.74, 6) is 1.78. The van der Waals surface area contributed by atoms with Crippen molar-refractivity contribution in [1.29, 1.82) is 0 Å². The number of fused-ring (bicyclic) bond motifs is 1. The van der Waals surface area contributed by atoms with Crippen LogP contribution in [0, 0.1) is 11.8 Å². The minimum absolute atomic E-state index is 0.745. The maximum Gasteiger partial charge on any atom is 0.410 e. The average Bonchev–Trinajstić information content (AvgIpc) is 2.34. The zero-order valence-corrected chi connectivity index (χ0v) is 12.0. The Bertz CT molecular complexity index is 223. The Labute approximate surface area is 101 Å². The molecule has 0 radical (unpaired) electrons.